The van der Waals surface area contributed by atoms with Gasteiger partial charge in [-0.2, -0.15) is 0 Å². The Balaban J connectivity index is 2.17. The van der Waals surface area contributed by atoms with Gasteiger partial charge in [-0.25, -0.2) is 4.98 Å². The van der Waals surface area contributed by atoms with Crippen molar-refractivity contribution in [2.75, 3.05) is 11.2 Å². The van der Waals surface area contributed by atoms with Crippen LogP contribution in [0, 0.1) is 6.92 Å². The fourth-order valence-corrected chi connectivity index (χ4v) is 3.29. The van der Waals surface area contributed by atoms with Gasteiger partial charge in [-0.15, -0.1) is 11.6 Å². The van der Waals surface area contributed by atoms with Gasteiger partial charge in [-0.1, -0.05) is 19.3 Å². The van der Waals surface area contributed by atoms with E-state index in [1.807, 2.05) is 13.1 Å². The van der Waals surface area contributed by atoms with E-state index < -0.39 is 0 Å². The summed E-state index contributed by atoms with van der Waals surface area (Å²) < 4.78 is 1.02. The molecule has 1 heterocycles. The largest absolute Gasteiger partial charge is 0.362 e. The number of pyridine rings is 1. The minimum absolute atomic E-state index is 0.0323. The molecular weight excluding hydrogens is 300 g/mol. The van der Waals surface area contributed by atoms with Gasteiger partial charge in [0.2, 0.25) is 0 Å². The van der Waals surface area contributed by atoms with Crippen LogP contribution in [0.1, 0.15) is 37.7 Å². The lowest BCUT2D eigenvalue weighted by Gasteiger charge is -2.37. The van der Waals surface area contributed by atoms with Crippen LogP contribution in [0.2, 0.25) is 0 Å². The molecule has 0 atom stereocenters. The van der Waals surface area contributed by atoms with Gasteiger partial charge in [0.25, 0.3) is 0 Å². The zero-order valence-corrected chi connectivity index (χ0v) is 12.4. The molecule has 1 aromatic heterocycles. The maximum Gasteiger partial charge on any atom is 0.140 e. The third-order valence-electron chi connectivity index (χ3n) is 3.43. The Morgan fingerprint density at radius 1 is 1.41 bits per heavy atom. The van der Waals surface area contributed by atoms with Crippen LogP contribution in [-0.2, 0) is 0 Å². The Bertz CT molecular complexity index is 389. The highest BCUT2D eigenvalue weighted by Crippen LogP contribution is 2.34. The smallest absolute Gasteiger partial charge is 0.140 e. The molecule has 0 aliphatic heterocycles. The van der Waals surface area contributed by atoms with Crippen LogP contribution < -0.4 is 5.32 Å². The third-order valence-corrected chi connectivity index (χ3v) is 4.54. The van der Waals surface area contributed by atoms with Crippen LogP contribution >= 0.6 is 27.5 Å². The molecule has 0 amide bonds. The molecule has 1 fully saturated rings. The molecule has 0 aromatic carbocycles. The summed E-state index contributed by atoms with van der Waals surface area (Å²) in [7, 11) is 0. The van der Waals surface area contributed by atoms with Crippen LogP contribution in [0.4, 0.5) is 5.82 Å². The molecule has 1 saturated carbocycles. The number of hydrogen-bond acceptors (Lipinski definition) is 2. The van der Waals surface area contributed by atoms with E-state index in [2.05, 4.69) is 32.3 Å². The number of nitrogens with zero attached hydrogens (tertiary/aromatic N) is 1. The van der Waals surface area contributed by atoms with E-state index in [-0.39, 0.29) is 5.54 Å². The molecule has 0 radical (unpaired) electrons. The number of rotatable bonds is 3. The first-order chi connectivity index (χ1) is 8.15. The van der Waals surface area contributed by atoms with Crippen molar-refractivity contribution in [3.8, 4) is 0 Å². The van der Waals surface area contributed by atoms with Crippen LogP contribution in [0.3, 0.4) is 0 Å². The number of alkyl halides is 1. The molecule has 1 aliphatic rings. The van der Waals surface area contributed by atoms with E-state index in [1.54, 1.807) is 0 Å². The number of hydrogen-bond donors (Lipinski definition) is 1. The van der Waals surface area contributed by atoms with Crippen molar-refractivity contribution in [2.45, 2.75) is 44.6 Å². The Morgan fingerprint density at radius 3 is 2.71 bits per heavy atom. The van der Waals surface area contributed by atoms with E-state index in [1.165, 1.54) is 19.3 Å². The summed E-state index contributed by atoms with van der Waals surface area (Å²) in [6.45, 7) is 2.04. The molecule has 0 bridgehead atoms. The molecule has 1 aromatic rings. The Hall–Kier alpha value is -0.280. The average molecular weight is 318 g/mol. The van der Waals surface area contributed by atoms with Gasteiger partial charge in [0.15, 0.2) is 0 Å². The van der Waals surface area contributed by atoms with Gasteiger partial charge >= 0.3 is 0 Å². The number of nitrogens with one attached hydrogen (secondary N) is 1. The molecule has 1 N–H and O–H groups in total. The molecule has 0 saturated heterocycles. The van der Waals surface area contributed by atoms with E-state index in [0.29, 0.717) is 5.88 Å². The minimum atomic E-state index is 0.0323. The van der Waals surface area contributed by atoms with Crippen LogP contribution in [0.5, 0.6) is 0 Å². The van der Waals surface area contributed by atoms with Gasteiger partial charge in [-0.3, -0.25) is 0 Å². The molecular formula is C13H18BrClN2. The quantitative estimate of drug-likeness (QED) is 0.830. The standard InChI is InChI=1S/C13H18BrClN2/c1-10-7-11(14)12(16-8-10)17-13(9-15)5-3-2-4-6-13/h7-8H,2-6,9H2,1H3,(H,16,17). The second-order valence-electron chi connectivity index (χ2n) is 4.94. The van der Waals surface area contributed by atoms with Crippen molar-refractivity contribution in [3.05, 3.63) is 22.3 Å². The van der Waals surface area contributed by atoms with Gasteiger partial charge in [0, 0.05) is 12.1 Å². The van der Waals surface area contributed by atoms with E-state index in [9.17, 15) is 0 Å². The second kappa shape index (κ2) is 5.57. The number of aromatic nitrogens is 1. The first-order valence-corrected chi connectivity index (χ1v) is 7.44. The highest BCUT2D eigenvalue weighted by Gasteiger charge is 2.31. The van der Waals surface area contributed by atoms with Crippen molar-refractivity contribution in [3.63, 3.8) is 0 Å². The normalized spacial score (nSPS) is 19.0. The summed E-state index contributed by atoms with van der Waals surface area (Å²) in [6.07, 6.45) is 7.99. The SMILES string of the molecule is Cc1cnc(NC2(CCl)CCCCC2)c(Br)c1. The number of anilines is 1. The summed E-state index contributed by atoms with van der Waals surface area (Å²) in [5.41, 5.74) is 1.19. The molecule has 0 spiro atoms. The maximum atomic E-state index is 6.17. The van der Waals surface area contributed by atoms with Crippen molar-refractivity contribution in [1.82, 2.24) is 4.98 Å². The molecule has 17 heavy (non-hydrogen) atoms. The lowest BCUT2D eigenvalue weighted by atomic mass is 9.83. The fourth-order valence-electron chi connectivity index (χ4n) is 2.40. The highest BCUT2D eigenvalue weighted by atomic mass is 79.9. The first kappa shape index (κ1) is 13.2. The van der Waals surface area contributed by atoms with E-state index in [0.717, 1.165) is 28.7 Å². The van der Waals surface area contributed by atoms with Crippen LogP contribution in [-0.4, -0.2) is 16.4 Å². The summed E-state index contributed by atoms with van der Waals surface area (Å²) >= 11 is 9.72. The maximum absolute atomic E-state index is 6.17. The summed E-state index contributed by atoms with van der Waals surface area (Å²) in [4.78, 5) is 4.45. The second-order valence-corrected chi connectivity index (χ2v) is 6.06. The summed E-state index contributed by atoms with van der Waals surface area (Å²) in [6, 6.07) is 2.08. The topological polar surface area (TPSA) is 24.9 Å². The molecule has 94 valence electrons. The molecule has 0 unspecified atom stereocenters. The zero-order chi connectivity index (χ0) is 12.3. The Morgan fingerprint density at radius 2 is 2.12 bits per heavy atom. The first-order valence-electron chi connectivity index (χ1n) is 6.11. The summed E-state index contributed by atoms with van der Waals surface area (Å²) in [5, 5.41) is 3.55. The van der Waals surface area contributed by atoms with Gasteiger partial charge in [0.1, 0.15) is 5.82 Å². The Kier molecular flexibility index (Phi) is 4.31. The van der Waals surface area contributed by atoms with E-state index >= 15 is 0 Å². The van der Waals surface area contributed by atoms with Gasteiger partial charge < -0.3 is 5.32 Å². The van der Waals surface area contributed by atoms with Crippen LogP contribution in [0.15, 0.2) is 16.7 Å². The fraction of sp³-hybridized carbons (Fsp3) is 0.615. The zero-order valence-electron chi connectivity index (χ0n) is 10.1. The molecule has 4 heteroatoms. The number of aryl methyl sites for hydroxylation is 1. The summed E-state index contributed by atoms with van der Waals surface area (Å²) in [5.74, 6) is 1.56. The lowest BCUT2D eigenvalue weighted by Crippen LogP contribution is -2.42. The highest BCUT2D eigenvalue weighted by molar-refractivity contribution is 9.10. The monoisotopic (exact) mass is 316 g/mol. The predicted molar refractivity (Wildman–Crippen MR) is 76.8 cm³/mol. The van der Waals surface area contributed by atoms with Gasteiger partial charge in [0.05, 0.1) is 10.0 Å². The lowest BCUT2D eigenvalue weighted by molar-refractivity contribution is 0.352. The van der Waals surface area contributed by atoms with Crippen molar-refractivity contribution < 1.29 is 0 Å². The van der Waals surface area contributed by atoms with Crippen LogP contribution in [0.25, 0.3) is 0 Å². The molecule has 2 nitrogen and oxygen atoms in total. The average Bonchev–Trinajstić information content (AvgIpc) is 2.34. The van der Waals surface area contributed by atoms with Crippen molar-refractivity contribution in [1.29, 1.82) is 0 Å². The minimum Gasteiger partial charge on any atom is -0.362 e. The third kappa shape index (κ3) is 3.14. The number of halogens is 2. The van der Waals surface area contributed by atoms with E-state index in [4.69, 9.17) is 11.6 Å². The Labute approximate surface area is 116 Å². The molecule has 2 rings (SSSR count). The molecule has 1 aliphatic carbocycles. The van der Waals surface area contributed by atoms with Gasteiger partial charge in [-0.05, 0) is 47.3 Å². The predicted octanol–water partition coefficient (Wildman–Crippen LogP) is 4.51. The van der Waals surface area contributed by atoms with Crippen molar-refractivity contribution in [2.24, 2.45) is 0 Å². The van der Waals surface area contributed by atoms with Crippen molar-refractivity contribution >= 4 is 33.3 Å².